The fraction of sp³-hybridized carbons (Fsp3) is 0.235. The number of methoxy groups -OCH3 is 1. The van der Waals surface area contributed by atoms with Gasteiger partial charge in [0.15, 0.2) is 0 Å². The summed E-state index contributed by atoms with van der Waals surface area (Å²) in [5, 5.41) is 2.86. The second-order valence-corrected chi connectivity index (χ2v) is 5.16. The Labute approximate surface area is 123 Å². The van der Waals surface area contributed by atoms with E-state index in [-0.39, 0.29) is 12.5 Å². The minimum absolute atomic E-state index is 0.165. The van der Waals surface area contributed by atoms with E-state index >= 15 is 0 Å². The van der Waals surface area contributed by atoms with Gasteiger partial charge in [0, 0.05) is 19.3 Å². The average molecular weight is 282 g/mol. The van der Waals surface area contributed by atoms with E-state index in [9.17, 15) is 4.79 Å². The van der Waals surface area contributed by atoms with Crippen LogP contribution in [0.2, 0.25) is 0 Å². The lowest BCUT2D eigenvalue weighted by molar-refractivity contribution is -0.125. The van der Waals surface area contributed by atoms with Crippen LogP contribution < -0.4 is 11.1 Å². The van der Waals surface area contributed by atoms with Gasteiger partial charge in [-0.1, -0.05) is 30.3 Å². The summed E-state index contributed by atoms with van der Waals surface area (Å²) in [5.74, 6) is -0.213. The number of fused-ring (bicyclic) bond motifs is 3. The Kier molecular flexibility index (Phi) is 3.73. The predicted octanol–water partition coefficient (Wildman–Crippen LogP) is 2.17. The molecular weight excluding hydrogens is 264 g/mol. The maximum Gasteiger partial charge on any atom is 0.254 e. The number of nitrogens with one attached hydrogen (secondary N) is 1. The van der Waals surface area contributed by atoms with Crippen LogP contribution in [0.5, 0.6) is 0 Å². The van der Waals surface area contributed by atoms with E-state index in [1.54, 1.807) is 0 Å². The van der Waals surface area contributed by atoms with Crippen molar-refractivity contribution in [1.82, 2.24) is 0 Å². The molecule has 0 aliphatic heterocycles. The van der Waals surface area contributed by atoms with Crippen molar-refractivity contribution in [2.24, 2.45) is 5.73 Å². The molecule has 2 aromatic rings. The van der Waals surface area contributed by atoms with E-state index in [1.807, 2.05) is 18.2 Å². The summed E-state index contributed by atoms with van der Waals surface area (Å²) >= 11 is 0. The largest absolute Gasteiger partial charge is 0.370 e. The summed E-state index contributed by atoms with van der Waals surface area (Å²) in [6.45, 7) is 0.165. The Morgan fingerprint density at radius 2 is 2.00 bits per heavy atom. The van der Waals surface area contributed by atoms with Crippen LogP contribution >= 0.6 is 0 Å². The van der Waals surface area contributed by atoms with E-state index < -0.39 is 6.10 Å². The SMILES string of the molecule is COC(CN)C(=O)Nc1ccc2c(c1)Cc1ccccc1-2. The molecule has 0 heterocycles. The molecule has 1 unspecified atom stereocenters. The Bertz CT molecular complexity index is 678. The van der Waals surface area contributed by atoms with Crippen LogP contribution in [0.25, 0.3) is 11.1 Å². The molecule has 3 rings (SSSR count). The second kappa shape index (κ2) is 5.68. The quantitative estimate of drug-likeness (QED) is 0.771. The van der Waals surface area contributed by atoms with Gasteiger partial charge in [-0.05, 0) is 40.8 Å². The van der Waals surface area contributed by atoms with Crippen LogP contribution in [0.3, 0.4) is 0 Å². The van der Waals surface area contributed by atoms with Crippen LogP contribution in [-0.4, -0.2) is 25.7 Å². The zero-order valence-electron chi connectivity index (χ0n) is 11.9. The van der Waals surface area contributed by atoms with Crippen LogP contribution in [0.1, 0.15) is 11.1 Å². The zero-order valence-corrected chi connectivity index (χ0v) is 11.9. The van der Waals surface area contributed by atoms with Crippen molar-refractivity contribution in [2.45, 2.75) is 12.5 Å². The second-order valence-electron chi connectivity index (χ2n) is 5.16. The van der Waals surface area contributed by atoms with E-state index in [4.69, 9.17) is 10.5 Å². The fourth-order valence-corrected chi connectivity index (χ4v) is 2.76. The number of amides is 1. The van der Waals surface area contributed by atoms with Crippen molar-refractivity contribution in [1.29, 1.82) is 0 Å². The number of carbonyl (C=O) groups is 1. The van der Waals surface area contributed by atoms with Crippen LogP contribution in [0.15, 0.2) is 42.5 Å². The number of ether oxygens (including phenoxy) is 1. The van der Waals surface area contributed by atoms with E-state index in [0.29, 0.717) is 0 Å². The smallest absolute Gasteiger partial charge is 0.254 e. The molecule has 0 spiro atoms. The molecule has 1 aliphatic carbocycles. The predicted molar refractivity (Wildman–Crippen MR) is 83.2 cm³/mol. The molecule has 108 valence electrons. The van der Waals surface area contributed by atoms with Crippen molar-refractivity contribution >= 4 is 11.6 Å². The zero-order chi connectivity index (χ0) is 14.8. The average Bonchev–Trinajstić information content (AvgIpc) is 2.86. The summed E-state index contributed by atoms with van der Waals surface area (Å²) in [6.07, 6.45) is 0.287. The fourth-order valence-electron chi connectivity index (χ4n) is 2.76. The Morgan fingerprint density at radius 1 is 1.24 bits per heavy atom. The lowest BCUT2D eigenvalue weighted by atomic mass is 10.1. The number of nitrogens with two attached hydrogens (primary N) is 1. The van der Waals surface area contributed by atoms with Crippen LogP contribution in [-0.2, 0) is 16.0 Å². The molecule has 1 atom stereocenters. The van der Waals surface area contributed by atoms with E-state index in [0.717, 1.165) is 12.1 Å². The molecule has 2 aromatic carbocycles. The van der Waals surface area contributed by atoms with Crippen molar-refractivity contribution in [3.05, 3.63) is 53.6 Å². The molecule has 0 bridgehead atoms. The van der Waals surface area contributed by atoms with Gasteiger partial charge in [-0.2, -0.15) is 0 Å². The normalized spacial score (nSPS) is 13.4. The third-order valence-electron chi connectivity index (χ3n) is 3.85. The minimum Gasteiger partial charge on any atom is -0.370 e. The first-order valence-electron chi connectivity index (χ1n) is 6.98. The van der Waals surface area contributed by atoms with Gasteiger partial charge in [-0.15, -0.1) is 0 Å². The highest BCUT2D eigenvalue weighted by Crippen LogP contribution is 2.37. The van der Waals surface area contributed by atoms with E-state index in [2.05, 4.69) is 29.6 Å². The van der Waals surface area contributed by atoms with Crippen molar-refractivity contribution in [3.8, 4) is 11.1 Å². The third kappa shape index (κ3) is 2.55. The number of benzene rings is 2. The number of anilines is 1. The van der Waals surface area contributed by atoms with Gasteiger partial charge in [0.05, 0.1) is 0 Å². The topological polar surface area (TPSA) is 64.3 Å². The number of hydrogen-bond donors (Lipinski definition) is 2. The Morgan fingerprint density at radius 3 is 2.76 bits per heavy atom. The lowest BCUT2D eigenvalue weighted by Gasteiger charge is -2.13. The number of rotatable bonds is 4. The first-order valence-corrected chi connectivity index (χ1v) is 6.98. The molecule has 4 nitrogen and oxygen atoms in total. The molecule has 1 amide bonds. The summed E-state index contributed by atoms with van der Waals surface area (Å²) in [6, 6.07) is 14.4. The monoisotopic (exact) mass is 282 g/mol. The molecule has 0 saturated carbocycles. The molecule has 3 N–H and O–H groups in total. The standard InChI is InChI=1S/C17H18N2O2/c1-21-16(10-18)17(20)19-13-6-7-15-12(9-13)8-11-4-2-3-5-14(11)15/h2-7,9,16H,8,10,18H2,1H3,(H,19,20). The highest BCUT2D eigenvalue weighted by molar-refractivity contribution is 5.95. The van der Waals surface area contributed by atoms with Crippen molar-refractivity contribution < 1.29 is 9.53 Å². The summed E-state index contributed by atoms with van der Waals surface area (Å²) in [4.78, 5) is 12.0. The van der Waals surface area contributed by atoms with Gasteiger partial charge in [0.25, 0.3) is 5.91 Å². The van der Waals surface area contributed by atoms with Gasteiger partial charge < -0.3 is 15.8 Å². The maximum absolute atomic E-state index is 12.0. The van der Waals surface area contributed by atoms with Gasteiger partial charge in [-0.25, -0.2) is 0 Å². The van der Waals surface area contributed by atoms with Gasteiger partial charge in [-0.3, -0.25) is 4.79 Å². The minimum atomic E-state index is -0.615. The molecule has 0 fully saturated rings. The molecule has 21 heavy (non-hydrogen) atoms. The summed E-state index contributed by atoms with van der Waals surface area (Å²) < 4.78 is 5.04. The van der Waals surface area contributed by atoms with Crippen LogP contribution in [0, 0.1) is 0 Å². The molecule has 0 radical (unpaired) electrons. The van der Waals surface area contributed by atoms with Gasteiger partial charge in [0.2, 0.25) is 0 Å². The first-order chi connectivity index (χ1) is 10.2. The highest BCUT2D eigenvalue weighted by atomic mass is 16.5. The molecule has 0 saturated heterocycles. The molecule has 0 aromatic heterocycles. The highest BCUT2D eigenvalue weighted by Gasteiger charge is 2.20. The lowest BCUT2D eigenvalue weighted by Crippen LogP contribution is -2.35. The third-order valence-corrected chi connectivity index (χ3v) is 3.85. The molecular formula is C17H18N2O2. The van der Waals surface area contributed by atoms with Crippen LogP contribution in [0.4, 0.5) is 5.69 Å². The number of hydrogen-bond acceptors (Lipinski definition) is 3. The number of carbonyl (C=O) groups excluding carboxylic acids is 1. The Hall–Kier alpha value is -2.17. The van der Waals surface area contributed by atoms with Crippen molar-refractivity contribution in [3.63, 3.8) is 0 Å². The first kappa shape index (κ1) is 13.8. The maximum atomic E-state index is 12.0. The van der Waals surface area contributed by atoms with Crippen molar-refractivity contribution in [2.75, 3.05) is 19.0 Å². The van der Waals surface area contributed by atoms with Gasteiger partial charge >= 0.3 is 0 Å². The summed E-state index contributed by atoms with van der Waals surface area (Å²) in [7, 11) is 1.48. The summed E-state index contributed by atoms with van der Waals surface area (Å²) in [5.41, 5.74) is 11.4. The molecule has 4 heteroatoms. The van der Waals surface area contributed by atoms with Gasteiger partial charge in [0.1, 0.15) is 6.10 Å². The molecule has 1 aliphatic rings. The Balaban J connectivity index is 1.83. The van der Waals surface area contributed by atoms with E-state index in [1.165, 1.54) is 29.4 Å².